The molecule has 4 atom stereocenters. The molecule has 2 radical (unpaired) electrons. The molecule has 0 amide bonds. The predicted molar refractivity (Wildman–Crippen MR) is 107 cm³/mol. The molecule has 0 spiro atoms. The van der Waals surface area contributed by atoms with E-state index in [9.17, 15) is 0 Å². The first-order chi connectivity index (χ1) is 11.6. The number of hydrogen-bond acceptors (Lipinski definition) is 4. The van der Waals surface area contributed by atoms with Gasteiger partial charge in [-0.25, -0.2) is 11.2 Å². The lowest BCUT2D eigenvalue weighted by Crippen LogP contribution is -2.41. The summed E-state index contributed by atoms with van der Waals surface area (Å²) in [6, 6.07) is -0.0354. The summed E-state index contributed by atoms with van der Waals surface area (Å²) in [6.07, 6.45) is 0.735. The number of nitrogens with zero attached hydrogens (tertiary/aromatic N) is 2. The van der Waals surface area contributed by atoms with Gasteiger partial charge in [-0.2, -0.15) is 0 Å². The van der Waals surface area contributed by atoms with Crippen LogP contribution < -0.4 is 0 Å². The number of ether oxygens (including phenoxy) is 1. The first-order valence-corrected chi connectivity index (χ1v) is 10.4. The molecular weight excluding hydrogens is 357 g/mol. The van der Waals surface area contributed by atoms with Gasteiger partial charge in [0, 0.05) is 23.5 Å². The van der Waals surface area contributed by atoms with Gasteiger partial charge in [-0.1, -0.05) is 6.92 Å². The quantitative estimate of drug-likeness (QED) is 0.151. The van der Waals surface area contributed by atoms with E-state index in [-0.39, 0.29) is 17.5 Å². The highest BCUT2D eigenvalue weighted by Crippen LogP contribution is 2.46. The zero-order valence-electron chi connectivity index (χ0n) is 16.7. The Balaban J connectivity index is 5.05. The topological polar surface area (TPSA) is 35.3 Å². The van der Waals surface area contributed by atoms with Crippen molar-refractivity contribution in [3.63, 3.8) is 0 Å². The highest BCUT2D eigenvalue weighted by molar-refractivity contribution is 7.44. The molecule has 0 aliphatic rings. The van der Waals surface area contributed by atoms with Crippen LogP contribution in [-0.2, 0) is 13.8 Å². The van der Waals surface area contributed by atoms with E-state index in [2.05, 4.69) is 37.2 Å². The average molecular weight is 391 g/mol. The standard InChI is InChI=1S/C17H33BClN2O3P/c1-9-17(7,24-16(18)15(6)19)12-23-25(22-11-10-20-8)21(13(2)3)14(4)5/h13-16H,9-12H2,1-7H3/t15-,16?,17+,25?/m0/s1. The third-order valence-electron chi connectivity index (χ3n) is 3.75. The van der Waals surface area contributed by atoms with E-state index in [0.29, 0.717) is 19.8 Å². The summed E-state index contributed by atoms with van der Waals surface area (Å²) in [4.78, 5) is 3.35. The molecule has 0 N–H and O–H groups in total. The molecule has 0 aromatic heterocycles. The van der Waals surface area contributed by atoms with Crippen LogP contribution in [0.15, 0.2) is 0 Å². The molecule has 25 heavy (non-hydrogen) atoms. The Bertz CT molecular complexity index is 402. The zero-order valence-corrected chi connectivity index (χ0v) is 18.3. The number of rotatable bonds is 13. The molecule has 2 unspecified atom stereocenters. The van der Waals surface area contributed by atoms with Gasteiger partial charge in [-0.3, -0.25) is 0 Å². The van der Waals surface area contributed by atoms with Crippen molar-refractivity contribution in [2.24, 2.45) is 0 Å². The Labute approximate surface area is 161 Å². The SMILES string of the molecule is [B]C(O[C@](C)(CC)COP(OCC[N+]#[C-])N(C(C)C)C(C)C)[C@H](C)Cl. The van der Waals surface area contributed by atoms with Crippen molar-refractivity contribution >= 4 is 28.0 Å². The van der Waals surface area contributed by atoms with Gasteiger partial charge in [0.1, 0.15) is 14.5 Å². The lowest BCUT2D eigenvalue weighted by molar-refractivity contribution is -0.0796. The first kappa shape index (κ1) is 25.1. The van der Waals surface area contributed by atoms with Crippen LogP contribution in [0.2, 0.25) is 0 Å². The fraction of sp³-hybridized carbons (Fsp3) is 0.941. The van der Waals surface area contributed by atoms with Crippen molar-refractivity contribution in [1.82, 2.24) is 4.67 Å². The second-order valence-corrected chi connectivity index (χ2v) is 9.00. The van der Waals surface area contributed by atoms with Gasteiger partial charge in [0.25, 0.3) is 8.53 Å². The van der Waals surface area contributed by atoms with Gasteiger partial charge >= 0.3 is 0 Å². The molecule has 0 saturated carbocycles. The Kier molecular flexibility index (Phi) is 12.6. The van der Waals surface area contributed by atoms with Gasteiger partial charge in [-0.05, 0) is 48.0 Å². The third kappa shape index (κ3) is 9.56. The molecule has 0 fully saturated rings. The molecular formula is C17H33BClN2O3P. The van der Waals surface area contributed by atoms with Crippen molar-refractivity contribution in [3.8, 4) is 0 Å². The van der Waals surface area contributed by atoms with Crippen LogP contribution in [0.4, 0.5) is 0 Å². The molecule has 0 bridgehead atoms. The second kappa shape index (κ2) is 12.5. The van der Waals surface area contributed by atoms with E-state index in [0.717, 1.165) is 6.42 Å². The Morgan fingerprint density at radius 1 is 1.20 bits per heavy atom. The van der Waals surface area contributed by atoms with Crippen molar-refractivity contribution < 1.29 is 13.8 Å². The molecule has 0 aliphatic heterocycles. The molecule has 0 aromatic carbocycles. The van der Waals surface area contributed by atoms with E-state index in [1.165, 1.54) is 0 Å². The Morgan fingerprint density at radius 3 is 2.16 bits per heavy atom. The predicted octanol–water partition coefficient (Wildman–Crippen LogP) is 4.59. The van der Waals surface area contributed by atoms with Crippen molar-refractivity contribution in [3.05, 3.63) is 11.4 Å². The second-order valence-electron chi connectivity index (χ2n) is 6.86. The largest absolute Gasteiger partial charge is 0.378 e. The highest BCUT2D eigenvalue weighted by atomic mass is 35.5. The lowest BCUT2D eigenvalue weighted by Gasteiger charge is -2.38. The van der Waals surface area contributed by atoms with E-state index in [4.69, 9.17) is 39.8 Å². The summed E-state index contributed by atoms with van der Waals surface area (Å²) < 4.78 is 20.2. The van der Waals surface area contributed by atoms with Gasteiger partial charge < -0.3 is 18.6 Å². The summed E-state index contributed by atoms with van der Waals surface area (Å²) in [7, 11) is 4.67. The van der Waals surface area contributed by atoms with E-state index >= 15 is 0 Å². The summed E-state index contributed by atoms with van der Waals surface area (Å²) >= 11 is 6.02. The highest BCUT2D eigenvalue weighted by Gasteiger charge is 2.33. The molecule has 0 rings (SSSR count). The van der Waals surface area contributed by atoms with Crippen LogP contribution in [0.25, 0.3) is 4.85 Å². The lowest BCUT2D eigenvalue weighted by atomic mass is 9.94. The Hall–Kier alpha value is 0.115. The molecule has 0 aliphatic carbocycles. The van der Waals surface area contributed by atoms with Gasteiger partial charge in [-0.15, -0.1) is 11.6 Å². The van der Waals surface area contributed by atoms with E-state index in [1.54, 1.807) is 0 Å². The van der Waals surface area contributed by atoms with Crippen LogP contribution in [0.1, 0.15) is 54.9 Å². The minimum atomic E-state index is -1.29. The maximum atomic E-state index is 6.92. The van der Waals surface area contributed by atoms with Gasteiger partial charge in [0.2, 0.25) is 6.54 Å². The maximum Gasteiger partial charge on any atom is 0.259 e. The van der Waals surface area contributed by atoms with E-state index < -0.39 is 20.1 Å². The smallest absolute Gasteiger partial charge is 0.259 e. The van der Waals surface area contributed by atoms with Crippen LogP contribution in [0, 0.1) is 6.57 Å². The van der Waals surface area contributed by atoms with Crippen LogP contribution in [0.3, 0.4) is 0 Å². The number of halogens is 1. The summed E-state index contributed by atoms with van der Waals surface area (Å²) in [5, 5.41) is -0.287. The molecule has 0 heterocycles. The third-order valence-corrected chi connectivity index (χ3v) is 6.06. The molecule has 0 aromatic rings. The number of hydrogen-bond donors (Lipinski definition) is 0. The first-order valence-electron chi connectivity index (χ1n) is 8.82. The fourth-order valence-corrected chi connectivity index (χ4v) is 3.91. The minimum Gasteiger partial charge on any atom is -0.378 e. The summed E-state index contributed by atoms with van der Waals surface area (Å²) in [5.74, 6) is 0. The molecule has 0 saturated heterocycles. The van der Waals surface area contributed by atoms with Crippen LogP contribution >= 0.6 is 20.1 Å². The molecule has 5 nitrogen and oxygen atoms in total. The Morgan fingerprint density at radius 2 is 1.76 bits per heavy atom. The maximum absolute atomic E-state index is 6.92. The minimum absolute atomic E-state index is 0.262. The molecule has 144 valence electrons. The summed E-state index contributed by atoms with van der Waals surface area (Å²) in [6.45, 7) is 22.2. The van der Waals surface area contributed by atoms with Crippen molar-refractivity contribution in [2.75, 3.05) is 19.8 Å². The van der Waals surface area contributed by atoms with Crippen molar-refractivity contribution in [2.45, 2.75) is 84.0 Å². The van der Waals surface area contributed by atoms with E-state index in [1.807, 2.05) is 20.8 Å². The summed E-state index contributed by atoms with van der Waals surface area (Å²) in [5.41, 5.74) is -0.550. The van der Waals surface area contributed by atoms with Gasteiger partial charge in [0.05, 0.1) is 12.2 Å². The fourth-order valence-electron chi connectivity index (χ4n) is 2.14. The monoisotopic (exact) mass is 390 g/mol. The molecule has 8 heteroatoms. The van der Waals surface area contributed by atoms with Crippen LogP contribution in [-0.4, -0.2) is 61.3 Å². The number of alkyl halides is 1. The normalized spacial score (nSPS) is 18.2. The zero-order chi connectivity index (χ0) is 19.6. The van der Waals surface area contributed by atoms with Crippen LogP contribution in [0.5, 0.6) is 0 Å². The van der Waals surface area contributed by atoms with Gasteiger partial charge in [0.15, 0.2) is 0 Å². The average Bonchev–Trinajstić information content (AvgIpc) is 2.51. The van der Waals surface area contributed by atoms with Crippen molar-refractivity contribution in [1.29, 1.82) is 0 Å².